The molecule has 6 heteroatoms. The molecule has 38 heavy (non-hydrogen) atoms. The van der Waals surface area contributed by atoms with Gasteiger partial charge in [-0.15, -0.1) is 0 Å². The van der Waals surface area contributed by atoms with E-state index in [0.717, 1.165) is 28.7 Å². The van der Waals surface area contributed by atoms with Gasteiger partial charge in [0.25, 0.3) is 0 Å². The van der Waals surface area contributed by atoms with Crippen molar-refractivity contribution >= 4 is 24.3 Å². The number of rotatable bonds is 13. The Hall–Kier alpha value is -4.06. The van der Waals surface area contributed by atoms with Crippen LogP contribution in [0.15, 0.2) is 48.5 Å². The van der Waals surface area contributed by atoms with Gasteiger partial charge in [-0.1, -0.05) is 55.5 Å². The summed E-state index contributed by atoms with van der Waals surface area (Å²) in [5.74, 6) is 3.80. The van der Waals surface area contributed by atoms with Crippen LogP contribution in [0.25, 0.3) is 24.3 Å². The molecule has 0 spiro atoms. The van der Waals surface area contributed by atoms with Crippen molar-refractivity contribution in [1.82, 2.24) is 0 Å². The van der Waals surface area contributed by atoms with Crippen LogP contribution in [0.5, 0.6) is 34.5 Å². The van der Waals surface area contributed by atoms with Gasteiger partial charge in [0.15, 0.2) is 23.0 Å². The maximum Gasteiger partial charge on any atom is 0.203 e. The molecule has 0 fully saturated rings. The first-order valence-corrected chi connectivity index (χ1v) is 12.7. The van der Waals surface area contributed by atoms with Gasteiger partial charge in [0.1, 0.15) is 0 Å². The highest BCUT2D eigenvalue weighted by molar-refractivity contribution is 5.75. The molecule has 6 nitrogen and oxygen atoms in total. The van der Waals surface area contributed by atoms with Crippen molar-refractivity contribution in [3.63, 3.8) is 0 Å². The molecule has 3 rings (SSSR count). The van der Waals surface area contributed by atoms with Gasteiger partial charge in [-0.3, -0.25) is 0 Å². The summed E-state index contributed by atoms with van der Waals surface area (Å²) in [7, 11) is 6.52. The van der Waals surface area contributed by atoms with Gasteiger partial charge >= 0.3 is 0 Å². The molecule has 0 aliphatic rings. The Morgan fingerprint density at radius 2 is 0.947 bits per heavy atom. The first-order valence-electron chi connectivity index (χ1n) is 12.7. The molecule has 0 atom stereocenters. The topological polar surface area (TPSA) is 55.4 Å². The van der Waals surface area contributed by atoms with E-state index < -0.39 is 0 Å². The van der Waals surface area contributed by atoms with Crippen molar-refractivity contribution in [2.45, 2.75) is 33.3 Å². The zero-order chi connectivity index (χ0) is 27.5. The van der Waals surface area contributed by atoms with Crippen LogP contribution >= 0.6 is 0 Å². The Labute approximate surface area is 226 Å². The summed E-state index contributed by atoms with van der Waals surface area (Å²) in [4.78, 5) is 0. The van der Waals surface area contributed by atoms with E-state index in [2.05, 4.69) is 43.3 Å². The fourth-order valence-electron chi connectivity index (χ4n) is 3.79. The van der Waals surface area contributed by atoms with Crippen molar-refractivity contribution in [1.29, 1.82) is 0 Å². The Bertz CT molecular complexity index is 1190. The lowest BCUT2D eigenvalue weighted by Gasteiger charge is -2.17. The van der Waals surface area contributed by atoms with E-state index in [1.807, 2.05) is 50.3 Å². The predicted molar refractivity (Wildman–Crippen MR) is 155 cm³/mol. The third-order valence-corrected chi connectivity index (χ3v) is 5.64. The minimum atomic E-state index is 0.00925. The van der Waals surface area contributed by atoms with Crippen molar-refractivity contribution in [3.8, 4) is 34.5 Å². The van der Waals surface area contributed by atoms with E-state index in [-0.39, 0.29) is 6.10 Å². The van der Waals surface area contributed by atoms with E-state index in [0.29, 0.717) is 41.1 Å². The Balaban J connectivity index is 1.77. The van der Waals surface area contributed by atoms with Gasteiger partial charge in [0.2, 0.25) is 11.5 Å². The molecule has 0 aliphatic carbocycles. The summed E-state index contributed by atoms with van der Waals surface area (Å²) in [5.41, 5.74) is 4.06. The van der Waals surface area contributed by atoms with Crippen LogP contribution in [0.1, 0.15) is 49.4 Å². The molecule has 0 amide bonds. The molecule has 0 aliphatic heterocycles. The molecule has 3 aromatic carbocycles. The molecule has 0 radical (unpaired) electrons. The van der Waals surface area contributed by atoms with Crippen LogP contribution in [-0.4, -0.2) is 41.2 Å². The molecule has 0 saturated heterocycles. The number of ether oxygens (including phenoxy) is 6. The van der Waals surface area contributed by atoms with Gasteiger partial charge < -0.3 is 28.4 Å². The summed E-state index contributed by atoms with van der Waals surface area (Å²) in [5, 5.41) is 0. The van der Waals surface area contributed by atoms with Crippen LogP contribution in [0.3, 0.4) is 0 Å². The minimum absolute atomic E-state index is 0.00925. The lowest BCUT2D eigenvalue weighted by atomic mass is 10.1. The lowest BCUT2D eigenvalue weighted by molar-refractivity contribution is 0.218. The highest BCUT2D eigenvalue weighted by atomic mass is 16.5. The molecule has 0 heterocycles. The number of hydrogen-bond acceptors (Lipinski definition) is 6. The van der Waals surface area contributed by atoms with E-state index in [1.54, 1.807) is 28.4 Å². The second kappa shape index (κ2) is 14.0. The van der Waals surface area contributed by atoms with Gasteiger partial charge in [-0.05, 0) is 66.8 Å². The van der Waals surface area contributed by atoms with Crippen LogP contribution < -0.4 is 28.4 Å². The van der Waals surface area contributed by atoms with Crippen LogP contribution in [0.2, 0.25) is 0 Å². The zero-order valence-corrected chi connectivity index (χ0v) is 23.4. The third kappa shape index (κ3) is 7.48. The molecule has 0 unspecified atom stereocenters. The summed E-state index contributed by atoms with van der Waals surface area (Å²) in [6.07, 6.45) is 9.07. The SMILES string of the molecule is CCCOc1c(OC)cc(C=Cc2ccc(C=Cc3cc(OC)c(OC(C)C)c(OC)c3)cc2)cc1OC. The maximum absolute atomic E-state index is 5.89. The van der Waals surface area contributed by atoms with Crippen LogP contribution in [-0.2, 0) is 0 Å². The maximum atomic E-state index is 5.89. The highest BCUT2D eigenvalue weighted by Gasteiger charge is 2.15. The third-order valence-electron chi connectivity index (χ3n) is 5.64. The monoisotopic (exact) mass is 518 g/mol. The smallest absolute Gasteiger partial charge is 0.203 e. The van der Waals surface area contributed by atoms with Crippen molar-refractivity contribution in [2.75, 3.05) is 35.0 Å². The van der Waals surface area contributed by atoms with Crippen LogP contribution in [0.4, 0.5) is 0 Å². The molecule has 0 bridgehead atoms. The number of methoxy groups -OCH3 is 4. The first kappa shape index (κ1) is 28.5. The lowest BCUT2D eigenvalue weighted by Crippen LogP contribution is -2.08. The molecule has 0 N–H and O–H groups in total. The van der Waals surface area contributed by atoms with Gasteiger partial charge in [0.05, 0.1) is 41.2 Å². The first-order chi connectivity index (χ1) is 18.4. The largest absolute Gasteiger partial charge is 0.493 e. The van der Waals surface area contributed by atoms with Crippen molar-refractivity contribution in [3.05, 3.63) is 70.8 Å². The van der Waals surface area contributed by atoms with Crippen molar-refractivity contribution in [2.24, 2.45) is 0 Å². The fraction of sp³-hybridized carbons (Fsp3) is 0.312. The molecular weight excluding hydrogens is 480 g/mol. The molecular formula is C32H38O6. The van der Waals surface area contributed by atoms with Crippen molar-refractivity contribution < 1.29 is 28.4 Å². The predicted octanol–water partition coefficient (Wildman–Crippen LogP) is 7.64. The average Bonchev–Trinajstić information content (AvgIpc) is 2.94. The minimum Gasteiger partial charge on any atom is -0.493 e. The normalized spacial score (nSPS) is 11.3. The highest BCUT2D eigenvalue weighted by Crippen LogP contribution is 2.40. The summed E-state index contributed by atoms with van der Waals surface area (Å²) >= 11 is 0. The van der Waals surface area contributed by atoms with E-state index >= 15 is 0 Å². The van der Waals surface area contributed by atoms with Crippen LogP contribution in [0, 0.1) is 0 Å². The fourth-order valence-corrected chi connectivity index (χ4v) is 3.79. The van der Waals surface area contributed by atoms with E-state index in [4.69, 9.17) is 28.4 Å². The summed E-state index contributed by atoms with van der Waals surface area (Å²) in [6.45, 7) is 6.60. The Morgan fingerprint density at radius 1 is 0.579 bits per heavy atom. The summed E-state index contributed by atoms with van der Waals surface area (Å²) in [6, 6.07) is 16.1. The number of benzene rings is 3. The van der Waals surface area contributed by atoms with Gasteiger partial charge in [-0.2, -0.15) is 0 Å². The van der Waals surface area contributed by atoms with E-state index in [1.165, 1.54) is 0 Å². The molecule has 202 valence electrons. The average molecular weight is 519 g/mol. The molecule has 0 aromatic heterocycles. The summed E-state index contributed by atoms with van der Waals surface area (Å²) < 4.78 is 33.9. The van der Waals surface area contributed by atoms with E-state index in [9.17, 15) is 0 Å². The molecule has 0 saturated carbocycles. The Morgan fingerprint density at radius 3 is 1.29 bits per heavy atom. The molecule has 3 aromatic rings. The zero-order valence-electron chi connectivity index (χ0n) is 23.4. The quantitative estimate of drug-likeness (QED) is 0.217. The van der Waals surface area contributed by atoms with Gasteiger partial charge in [0, 0.05) is 0 Å². The second-order valence-electron chi connectivity index (χ2n) is 8.86. The second-order valence-corrected chi connectivity index (χ2v) is 8.86. The standard InChI is InChI=1S/C32H38O6/c1-8-17-37-31-27(33-4)18-25(19-28(31)34-5)15-13-23-9-11-24(12-10-23)14-16-26-20-29(35-6)32(38-22(2)3)30(21-26)36-7/h9-16,18-22H,8,17H2,1-7H3. The van der Waals surface area contributed by atoms with Gasteiger partial charge in [-0.25, -0.2) is 0 Å². The number of hydrogen-bond donors (Lipinski definition) is 0. The Kier molecular flexibility index (Phi) is 10.5.